The summed E-state index contributed by atoms with van der Waals surface area (Å²) in [6, 6.07) is 0. The van der Waals surface area contributed by atoms with Crippen molar-refractivity contribution < 1.29 is 0 Å². The van der Waals surface area contributed by atoms with E-state index < -0.39 is 0 Å². The predicted octanol–water partition coefficient (Wildman–Crippen LogP) is 3.27. The lowest BCUT2D eigenvalue weighted by Crippen LogP contribution is -2.39. The SMILES string of the molecule is ClC1CCCN(CC2CCCCC2)C1. The third kappa shape index (κ3) is 3.13. The summed E-state index contributed by atoms with van der Waals surface area (Å²) in [4.78, 5) is 2.59. The van der Waals surface area contributed by atoms with E-state index in [9.17, 15) is 0 Å². The molecule has 1 saturated heterocycles. The van der Waals surface area contributed by atoms with Crippen molar-refractivity contribution in [3.8, 4) is 0 Å². The maximum atomic E-state index is 6.19. The van der Waals surface area contributed by atoms with Gasteiger partial charge in [-0.2, -0.15) is 0 Å². The predicted molar refractivity (Wildman–Crippen MR) is 61.9 cm³/mol. The minimum Gasteiger partial charge on any atom is -0.302 e. The zero-order chi connectivity index (χ0) is 9.80. The smallest absolute Gasteiger partial charge is 0.0463 e. The van der Waals surface area contributed by atoms with Gasteiger partial charge in [0.25, 0.3) is 0 Å². The van der Waals surface area contributed by atoms with Crippen LogP contribution in [0.15, 0.2) is 0 Å². The largest absolute Gasteiger partial charge is 0.302 e. The molecule has 0 spiro atoms. The van der Waals surface area contributed by atoms with E-state index in [-0.39, 0.29) is 0 Å². The van der Waals surface area contributed by atoms with Gasteiger partial charge in [-0.1, -0.05) is 19.3 Å². The van der Waals surface area contributed by atoms with E-state index >= 15 is 0 Å². The van der Waals surface area contributed by atoms with Crippen LogP contribution in [0.4, 0.5) is 0 Å². The molecule has 1 unspecified atom stereocenters. The average molecular weight is 216 g/mol. The first-order valence-electron chi connectivity index (χ1n) is 6.21. The van der Waals surface area contributed by atoms with Crippen LogP contribution in [0.2, 0.25) is 0 Å². The standard InChI is InChI=1S/C12H22ClN/c13-12-7-4-8-14(10-12)9-11-5-2-1-3-6-11/h11-12H,1-10H2. The van der Waals surface area contributed by atoms with Crippen LogP contribution in [-0.2, 0) is 0 Å². The summed E-state index contributed by atoms with van der Waals surface area (Å²) in [5.41, 5.74) is 0. The molecule has 1 atom stereocenters. The highest BCUT2D eigenvalue weighted by atomic mass is 35.5. The Hall–Kier alpha value is 0.250. The first kappa shape index (κ1) is 10.8. The lowest BCUT2D eigenvalue weighted by molar-refractivity contribution is 0.176. The van der Waals surface area contributed by atoms with E-state index in [4.69, 9.17) is 11.6 Å². The van der Waals surface area contributed by atoms with Crippen LogP contribution in [0.3, 0.4) is 0 Å². The van der Waals surface area contributed by atoms with E-state index in [1.54, 1.807) is 0 Å². The number of hydrogen-bond acceptors (Lipinski definition) is 1. The summed E-state index contributed by atoms with van der Waals surface area (Å²) in [6.45, 7) is 3.75. The first-order valence-corrected chi connectivity index (χ1v) is 6.64. The van der Waals surface area contributed by atoms with Crippen molar-refractivity contribution in [1.82, 2.24) is 4.90 Å². The maximum absolute atomic E-state index is 6.19. The van der Waals surface area contributed by atoms with Crippen molar-refractivity contribution in [3.05, 3.63) is 0 Å². The van der Waals surface area contributed by atoms with E-state index in [1.165, 1.54) is 58.0 Å². The lowest BCUT2D eigenvalue weighted by Gasteiger charge is -2.34. The van der Waals surface area contributed by atoms with Crippen LogP contribution in [0, 0.1) is 5.92 Å². The molecular formula is C12H22ClN. The Morgan fingerprint density at radius 3 is 2.50 bits per heavy atom. The van der Waals surface area contributed by atoms with Crippen molar-refractivity contribution in [2.45, 2.75) is 50.3 Å². The molecular weight excluding hydrogens is 194 g/mol. The van der Waals surface area contributed by atoms with Gasteiger partial charge in [-0.3, -0.25) is 0 Å². The molecule has 2 aliphatic rings. The highest BCUT2D eigenvalue weighted by Gasteiger charge is 2.21. The molecule has 2 rings (SSSR count). The summed E-state index contributed by atoms with van der Waals surface area (Å²) in [7, 11) is 0. The normalized spacial score (nSPS) is 31.9. The molecule has 0 aromatic rings. The number of piperidine rings is 1. The lowest BCUT2D eigenvalue weighted by atomic mass is 9.88. The monoisotopic (exact) mass is 215 g/mol. The Morgan fingerprint density at radius 1 is 1.00 bits per heavy atom. The Kier molecular flexibility index (Phi) is 4.12. The fraction of sp³-hybridized carbons (Fsp3) is 1.00. The summed E-state index contributed by atoms with van der Waals surface area (Å²) < 4.78 is 0. The fourth-order valence-electron chi connectivity index (χ4n) is 2.90. The van der Waals surface area contributed by atoms with Crippen LogP contribution in [-0.4, -0.2) is 29.9 Å². The third-order valence-electron chi connectivity index (χ3n) is 3.69. The Balaban J connectivity index is 1.72. The highest BCUT2D eigenvalue weighted by Crippen LogP contribution is 2.26. The molecule has 0 aromatic carbocycles. The van der Waals surface area contributed by atoms with Crippen LogP contribution >= 0.6 is 11.6 Å². The van der Waals surface area contributed by atoms with Crippen molar-refractivity contribution >= 4 is 11.6 Å². The van der Waals surface area contributed by atoms with Crippen molar-refractivity contribution in [1.29, 1.82) is 0 Å². The van der Waals surface area contributed by atoms with E-state index in [0.717, 1.165) is 12.5 Å². The number of hydrogen-bond donors (Lipinski definition) is 0. The minimum absolute atomic E-state index is 0.423. The molecule has 1 aliphatic heterocycles. The molecule has 1 aliphatic carbocycles. The average Bonchev–Trinajstić information content (AvgIpc) is 2.19. The Labute approximate surface area is 92.8 Å². The zero-order valence-electron chi connectivity index (χ0n) is 9.05. The van der Waals surface area contributed by atoms with Gasteiger partial charge < -0.3 is 4.90 Å². The van der Waals surface area contributed by atoms with Crippen LogP contribution in [0.1, 0.15) is 44.9 Å². The number of rotatable bonds is 2. The topological polar surface area (TPSA) is 3.24 Å². The third-order valence-corrected chi connectivity index (χ3v) is 4.05. The molecule has 0 bridgehead atoms. The number of likely N-dealkylation sites (tertiary alicyclic amines) is 1. The molecule has 0 amide bonds. The van der Waals surface area contributed by atoms with Gasteiger partial charge in [-0.15, -0.1) is 11.6 Å². The van der Waals surface area contributed by atoms with Crippen LogP contribution in [0.5, 0.6) is 0 Å². The van der Waals surface area contributed by atoms with Crippen molar-refractivity contribution in [2.75, 3.05) is 19.6 Å². The van der Waals surface area contributed by atoms with Crippen molar-refractivity contribution in [2.24, 2.45) is 5.92 Å². The van der Waals surface area contributed by atoms with Crippen LogP contribution < -0.4 is 0 Å². The Bertz CT molecular complexity index is 166. The molecule has 2 fully saturated rings. The molecule has 0 aromatic heterocycles. The second-order valence-electron chi connectivity index (χ2n) is 5.00. The van der Waals surface area contributed by atoms with Gasteiger partial charge in [-0.25, -0.2) is 0 Å². The molecule has 0 radical (unpaired) electrons. The van der Waals surface area contributed by atoms with Gasteiger partial charge in [0, 0.05) is 18.5 Å². The van der Waals surface area contributed by atoms with E-state index in [0.29, 0.717) is 5.38 Å². The van der Waals surface area contributed by atoms with Crippen molar-refractivity contribution in [3.63, 3.8) is 0 Å². The highest BCUT2D eigenvalue weighted by molar-refractivity contribution is 6.20. The quantitative estimate of drug-likeness (QED) is 0.640. The van der Waals surface area contributed by atoms with Gasteiger partial charge in [0.2, 0.25) is 0 Å². The number of nitrogens with zero attached hydrogens (tertiary/aromatic N) is 1. The molecule has 2 heteroatoms. The molecule has 1 saturated carbocycles. The second-order valence-corrected chi connectivity index (χ2v) is 5.62. The zero-order valence-corrected chi connectivity index (χ0v) is 9.81. The molecule has 1 heterocycles. The van der Waals surface area contributed by atoms with Gasteiger partial charge in [-0.05, 0) is 38.1 Å². The maximum Gasteiger partial charge on any atom is 0.0463 e. The number of halogens is 1. The summed E-state index contributed by atoms with van der Waals surface area (Å²) in [5, 5.41) is 0.423. The summed E-state index contributed by atoms with van der Waals surface area (Å²) in [5.74, 6) is 0.978. The second kappa shape index (κ2) is 5.37. The van der Waals surface area contributed by atoms with Gasteiger partial charge >= 0.3 is 0 Å². The molecule has 1 nitrogen and oxygen atoms in total. The minimum atomic E-state index is 0.423. The van der Waals surface area contributed by atoms with E-state index in [2.05, 4.69) is 4.90 Å². The first-order chi connectivity index (χ1) is 6.84. The van der Waals surface area contributed by atoms with Gasteiger partial charge in [0.1, 0.15) is 0 Å². The molecule has 82 valence electrons. The fourth-order valence-corrected chi connectivity index (χ4v) is 3.25. The van der Waals surface area contributed by atoms with Gasteiger partial charge in [0.05, 0.1) is 0 Å². The number of alkyl halides is 1. The molecule has 14 heavy (non-hydrogen) atoms. The van der Waals surface area contributed by atoms with Crippen LogP contribution in [0.25, 0.3) is 0 Å². The summed E-state index contributed by atoms with van der Waals surface area (Å²) in [6.07, 6.45) is 9.84. The van der Waals surface area contributed by atoms with Gasteiger partial charge in [0.15, 0.2) is 0 Å². The van der Waals surface area contributed by atoms with E-state index in [1.807, 2.05) is 0 Å². The molecule has 0 N–H and O–H groups in total. The Morgan fingerprint density at radius 2 is 1.79 bits per heavy atom. The summed E-state index contributed by atoms with van der Waals surface area (Å²) >= 11 is 6.19.